The van der Waals surface area contributed by atoms with Gasteiger partial charge in [0.1, 0.15) is 12.4 Å². The Morgan fingerprint density at radius 2 is 2.10 bits per heavy atom. The van der Waals surface area contributed by atoms with Gasteiger partial charge in [-0.2, -0.15) is 0 Å². The fourth-order valence-corrected chi connectivity index (χ4v) is 2.28. The number of nitrogens with zero attached hydrogens (tertiary/aromatic N) is 2. The normalized spacial score (nSPS) is 12.2. The predicted octanol–water partition coefficient (Wildman–Crippen LogP) is 3.63. The van der Waals surface area contributed by atoms with Gasteiger partial charge >= 0.3 is 0 Å². The highest BCUT2D eigenvalue weighted by molar-refractivity contribution is 6.31. The lowest BCUT2D eigenvalue weighted by molar-refractivity contribution is 0.114. The van der Waals surface area contributed by atoms with E-state index in [0.29, 0.717) is 23.7 Å². The van der Waals surface area contributed by atoms with Gasteiger partial charge in [0.25, 0.3) is 0 Å². The van der Waals surface area contributed by atoms with E-state index in [-0.39, 0.29) is 11.9 Å². The molecule has 112 valence electrons. The predicted molar refractivity (Wildman–Crippen MR) is 81.1 cm³/mol. The number of ether oxygens (including phenoxy) is 1. The molecule has 0 spiro atoms. The molecule has 1 aromatic heterocycles. The second-order valence-electron chi connectivity index (χ2n) is 4.46. The summed E-state index contributed by atoms with van der Waals surface area (Å²) in [6.45, 7) is 2.20. The second kappa shape index (κ2) is 7.33. The van der Waals surface area contributed by atoms with Crippen LogP contribution in [0.2, 0.25) is 5.02 Å². The lowest BCUT2D eigenvalue weighted by Gasteiger charge is -2.18. The van der Waals surface area contributed by atoms with Crippen molar-refractivity contribution in [3.63, 3.8) is 0 Å². The summed E-state index contributed by atoms with van der Waals surface area (Å²) < 4.78 is 19.5. The summed E-state index contributed by atoms with van der Waals surface area (Å²) in [5, 5.41) is 3.57. The molecular weight excluding hydrogens is 293 g/mol. The Bertz CT molecular complexity index is 609. The van der Waals surface area contributed by atoms with Crippen molar-refractivity contribution in [2.75, 3.05) is 19.0 Å². The van der Waals surface area contributed by atoms with Gasteiger partial charge in [0.15, 0.2) is 11.6 Å². The van der Waals surface area contributed by atoms with Crippen LogP contribution in [0.25, 0.3) is 0 Å². The summed E-state index contributed by atoms with van der Waals surface area (Å²) in [6.07, 6.45) is 1.57. The second-order valence-corrected chi connectivity index (χ2v) is 4.87. The number of hydrogen-bond acceptors (Lipinski definition) is 4. The smallest absolute Gasteiger partial charge is 0.186 e. The highest BCUT2D eigenvalue weighted by Gasteiger charge is 2.16. The SMILES string of the molecule is CCc1ncnc(NCC(OC)c2ccccc2Cl)c1F. The lowest BCUT2D eigenvalue weighted by atomic mass is 10.1. The topological polar surface area (TPSA) is 47.0 Å². The van der Waals surface area contributed by atoms with Crippen LogP contribution in [0, 0.1) is 5.82 Å². The zero-order valence-corrected chi connectivity index (χ0v) is 12.7. The quantitative estimate of drug-likeness (QED) is 0.885. The molecule has 1 aromatic carbocycles. The van der Waals surface area contributed by atoms with Gasteiger partial charge < -0.3 is 10.1 Å². The summed E-state index contributed by atoms with van der Waals surface area (Å²) in [7, 11) is 1.59. The summed E-state index contributed by atoms with van der Waals surface area (Å²) in [4.78, 5) is 7.82. The van der Waals surface area contributed by atoms with Crippen LogP contribution >= 0.6 is 11.6 Å². The summed E-state index contributed by atoms with van der Waals surface area (Å²) in [6, 6.07) is 7.41. The monoisotopic (exact) mass is 309 g/mol. The van der Waals surface area contributed by atoms with Crippen molar-refractivity contribution in [2.45, 2.75) is 19.4 Å². The fourth-order valence-electron chi connectivity index (χ4n) is 2.02. The first-order chi connectivity index (χ1) is 10.2. The van der Waals surface area contributed by atoms with E-state index in [4.69, 9.17) is 16.3 Å². The third kappa shape index (κ3) is 3.68. The minimum atomic E-state index is -0.422. The van der Waals surface area contributed by atoms with Crippen molar-refractivity contribution in [3.05, 3.63) is 52.7 Å². The number of rotatable bonds is 6. The number of aromatic nitrogens is 2. The van der Waals surface area contributed by atoms with Crippen LogP contribution in [0.3, 0.4) is 0 Å². The molecule has 1 N–H and O–H groups in total. The average molecular weight is 310 g/mol. The lowest BCUT2D eigenvalue weighted by Crippen LogP contribution is -2.17. The first-order valence-electron chi connectivity index (χ1n) is 6.67. The van der Waals surface area contributed by atoms with Crippen LogP contribution in [0.4, 0.5) is 10.2 Å². The molecule has 6 heteroatoms. The van der Waals surface area contributed by atoms with Crippen molar-refractivity contribution in [1.29, 1.82) is 0 Å². The maximum absolute atomic E-state index is 14.1. The summed E-state index contributed by atoms with van der Waals surface area (Å²) >= 11 is 6.15. The van der Waals surface area contributed by atoms with Crippen LogP contribution in [0.15, 0.2) is 30.6 Å². The Hall–Kier alpha value is -1.72. The molecule has 0 aliphatic heterocycles. The number of aryl methyl sites for hydroxylation is 1. The van der Waals surface area contributed by atoms with Crippen molar-refractivity contribution >= 4 is 17.4 Å². The molecule has 1 unspecified atom stereocenters. The molecule has 0 saturated heterocycles. The summed E-state index contributed by atoms with van der Waals surface area (Å²) in [5.41, 5.74) is 1.23. The van der Waals surface area contributed by atoms with Crippen LogP contribution in [0.5, 0.6) is 0 Å². The Balaban J connectivity index is 2.13. The van der Waals surface area contributed by atoms with E-state index in [0.717, 1.165) is 5.56 Å². The molecule has 0 saturated carbocycles. The Kier molecular flexibility index (Phi) is 5.47. The molecule has 4 nitrogen and oxygen atoms in total. The largest absolute Gasteiger partial charge is 0.375 e. The molecule has 21 heavy (non-hydrogen) atoms. The van der Waals surface area contributed by atoms with Gasteiger partial charge in [-0.3, -0.25) is 0 Å². The van der Waals surface area contributed by atoms with Crippen LogP contribution < -0.4 is 5.32 Å². The maximum atomic E-state index is 14.1. The van der Waals surface area contributed by atoms with Crippen LogP contribution in [-0.4, -0.2) is 23.6 Å². The first-order valence-corrected chi connectivity index (χ1v) is 7.05. The molecule has 0 amide bonds. The van der Waals surface area contributed by atoms with E-state index in [2.05, 4.69) is 15.3 Å². The Morgan fingerprint density at radius 3 is 2.76 bits per heavy atom. The van der Waals surface area contributed by atoms with Gasteiger partial charge in [-0.25, -0.2) is 14.4 Å². The minimum Gasteiger partial charge on any atom is -0.375 e. The summed E-state index contributed by atoms with van der Waals surface area (Å²) in [5.74, 6) is -0.245. The van der Waals surface area contributed by atoms with Gasteiger partial charge in [-0.15, -0.1) is 0 Å². The van der Waals surface area contributed by atoms with Crippen molar-refractivity contribution in [1.82, 2.24) is 9.97 Å². The molecule has 0 fully saturated rings. The van der Waals surface area contributed by atoms with Crippen LogP contribution in [-0.2, 0) is 11.2 Å². The van der Waals surface area contributed by atoms with Gasteiger partial charge in [-0.1, -0.05) is 36.7 Å². The highest BCUT2D eigenvalue weighted by Crippen LogP contribution is 2.25. The maximum Gasteiger partial charge on any atom is 0.186 e. The third-order valence-corrected chi connectivity index (χ3v) is 3.53. The van der Waals surface area contributed by atoms with Crippen molar-refractivity contribution in [3.8, 4) is 0 Å². The van der Waals surface area contributed by atoms with Crippen LogP contribution in [0.1, 0.15) is 24.3 Å². The van der Waals surface area contributed by atoms with E-state index in [1.807, 2.05) is 25.1 Å². The first kappa shape index (κ1) is 15.7. The fraction of sp³-hybridized carbons (Fsp3) is 0.333. The number of halogens is 2. The molecule has 0 aliphatic rings. The molecule has 0 aliphatic carbocycles. The third-order valence-electron chi connectivity index (χ3n) is 3.19. The molecule has 2 aromatic rings. The molecular formula is C15H17ClFN3O. The van der Waals surface area contributed by atoms with Crippen molar-refractivity contribution in [2.24, 2.45) is 0 Å². The molecule has 0 bridgehead atoms. The van der Waals surface area contributed by atoms with E-state index < -0.39 is 5.82 Å². The number of methoxy groups -OCH3 is 1. The van der Waals surface area contributed by atoms with E-state index in [9.17, 15) is 4.39 Å². The zero-order chi connectivity index (χ0) is 15.2. The van der Waals surface area contributed by atoms with Gasteiger partial charge in [0.2, 0.25) is 0 Å². The minimum absolute atomic E-state index is 0.177. The van der Waals surface area contributed by atoms with Gasteiger partial charge in [0.05, 0.1) is 5.69 Å². The van der Waals surface area contributed by atoms with E-state index in [1.54, 1.807) is 13.2 Å². The molecule has 2 rings (SSSR count). The number of nitrogens with one attached hydrogen (secondary N) is 1. The van der Waals surface area contributed by atoms with E-state index >= 15 is 0 Å². The Labute approximate surface area is 128 Å². The standard InChI is InChI=1S/C15H17ClFN3O/c1-3-12-14(17)15(20-9-19-12)18-8-13(21-2)10-6-4-5-7-11(10)16/h4-7,9,13H,3,8H2,1-2H3,(H,18,19,20). The van der Waals surface area contributed by atoms with Gasteiger partial charge in [0, 0.05) is 24.2 Å². The average Bonchev–Trinajstić information content (AvgIpc) is 2.51. The number of anilines is 1. The number of hydrogen-bond donors (Lipinski definition) is 1. The Morgan fingerprint density at radius 1 is 1.33 bits per heavy atom. The molecule has 1 heterocycles. The highest BCUT2D eigenvalue weighted by atomic mass is 35.5. The number of benzene rings is 1. The van der Waals surface area contributed by atoms with Crippen molar-refractivity contribution < 1.29 is 9.13 Å². The van der Waals surface area contributed by atoms with Gasteiger partial charge in [-0.05, 0) is 12.5 Å². The zero-order valence-electron chi connectivity index (χ0n) is 11.9. The van der Waals surface area contributed by atoms with E-state index in [1.165, 1.54) is 6.33 Å². The molecule has 1 atom stereocenters. The molecule has 0 radical (unpaired) electrons.